The molecule has 3 rings (SSSR count). The molecule has 0 spiro atoms. The minimum absolute atomic E-state index is 0.223. The fourth-order valence-electron chi connectivity index (χ4n) is 5.15. The predicted octanol–water partition coefficient (Wildman–Crippen LogP) is 4.76. The fraction of sp³-hybridized carbons (Fsp3) is 0.759. The highest BCUT2D eigenvalue weighted by molar-refractivity contribution is 5.84. The number of benzene rings is 1. The molecule has 1 heterocycles. The second kappa shape index (κ2) is 15.7. The van der Waals surface area contributed by atoms with E-state index in [1.807, 2.05) is 58.9 Å². The lowest BCUT2D eigenvalue weighted by Crippen LogP contribution is -2.66. The molecular formula is C29H55N3O4. The van der Waals surface area contributed by atoms with Gasteiger partial charge in [0.25, 0.3) is 5.91 Å². The summed E-state index contributed by atoms with van der Waals surface area (Å²) in [4.78, 5) is 17.6. The number of nitrogens with two attached hydrogens (primary N) is 2. The van der Waals surface area contributed by atoms with Crippen molar-refractivity contribution in [3.8, 4) is 0 Å². The first-order valence-electron chi connectivity index (χ1n) is 13.7. The van der Waals surface area contributed by atoms with Crippen LogP contribution in [-0.4, -0.2) is 45.7 Å². The number of nitrogens with zero attached hydrogens (tertiary/aromatic N) is 1. The van der Waals surface area contributed by atoms with Crippen molar-refractivity contribution in [2.45, 2.75) is 113 Å². The number of aryl methyl sites for hydroxylation is 1. The predicted molar refractivity (Wildman–Crippen MR) is 149 cm³/mol. The van der Waals surface area contributed by atoms with Crippen LogP contribution in [0.1, 0.15) is 92.7 Å². The first-order chi connectivity index (χ1) is 16.8. The molecule has 1 aliphatic carbocycles. The number of hydrogen-bond acceptors (Lipinski definition) is 6. The van der Waals surface area contributed by atoms with Gasteiger partial charge in [0.1, 0.15) is 6.10 Å². The van der Waals surface area contributed by atoms with Crippen molar-refractivity contribution in [3.05, 3.63) is 35.4 Å². The molecule has 1 aromatic carbocycles. The highest BCUT2D eigenvalue weighted by Gasteiger charge is 2.58. The molecule has 210 valence electrons. The summed E-state index contributed by atoms with van der Waals surface area (Å²) in [6.07, 6.45) is 2.57. The van der Waals surface area contributed by atoms with Crippen molar-refractivity contribution in [2.24, 2.45) is 34.6 Å². The van der Waals surface area contributed by atoms with Crippen molar-refractivity contribution in [3.63, 3.8) is 0 Å². The maximum atomic E-state index is 12.0. The Balaban J connectivity index is 0.000000730. The third kappa shape index (κ3) is 8.52. The highest BCUT2D eigenvalue weighted by atomic mass is 16.7. The number of hydrogen-bond donors (Lipinski definition) is 4. The van der Waals surface area contributed by atoms with Gasteiger partial charge in [-0.25, -0.2) is 0 Å². The number of carbonyl (C=O) groups is 1. The van der Waals surface area contributed by atoms with Gasteiger partial charge in [0.15, 0.2) is 5.66 Å². The summed E-state index contributed by atoms with van der Waals surface area (Å²) >= 11 is 0. The van der Waals surface area contributed by atoms with Crippen LogP contribution < -0.4 is 11.5 Å². The van der Waals surface area contributed by atoms with Crippen LogP contribution in [-0.2, 0) is 16.2 Å². The molecule has 1 saturated carbocycles. The molecule has 1 aliphatic heterocycles. The van der Waals surface area contributed by atoms with Gasteiger partial charge in [0.05, 0.1) is 25.2 Å². The lowest BCUT2D eigenvalue weighted by molar-refractivity contribution is -0.200. The number of amides is 1. The highest BCUT2D eigenvalue weighted by Crippen LogP contribution is 2.43. The van der Waals surface area contributed by atoms with E-state index in [-0.39, 0.29) is 13.2 Å². The van der Waals surface area contributed by atoms with Gasteiger partial charge in [-0.1, -0.05) is 98.1 Å². The van der Waals surface area contributed by atoms with E-state index in [0.717, 1.165) is 23.0 Å². The molecule has 7 nitrogen and oxygen atoms in total. The Labute approximate surface area is 220 Å². The molecule has 1 saturated heterocycles. The van der Waals surface area contributed by atoms with Crippen LogP contribution in [0.5, 0.6) is 0 Å². The summed E-state index contributed by atoms with van der Waals surface area (Å²) in [5.74, 6) is 0.242. The Morgan fingerprint density at radius 2 is 1.81 bits per heavy atom. The molecule has 2 aliphatic rings. The monoisotopic (exact) mass is 509 g/mol. The van der Waals surface area contributed by atoms with E-state index >= 15 is 0 Å². The number of hydroxylamine groups is 2. The summed E-state index contributed by atoms with van der Waals surface area (Å²) in [6, 6.07) is 7.65. The Bertz CT molecular complexity index is 771. The van der Waals surface area contributed by atoms with E-state index in [2.05, 4.69) is 27.7 Å². The topological polar surface area (TPSA) is 122 Å². The van der Waals surface area contributed by atoms with Gasteiger partial charge in [-0.2, -0.15) is 5.06 Å². The number of carbonyl (C=O) groups excluding carboxylic acids is 1. The Hall–Kier alpha value is -1.51. The lowest BCUT2D eigenvalue weighted by Gasteiger charge is -2.40. The van der Waals surface area contributed by atoms with E-state index in [4.69, 9.17) is 16.3 Å². The first-order valence-corrected chi connectivity index (χ1v) is 13.7. The van der Waals surface area contributed by atoms with Crippen LogP contribution in [0.4, 0.5) is 0 Å². The van der Waals surface area contributed by atoms with E-state index in [9.17, 15) is 15.0 Å². The third-order valence-electron chi connectivity index (χ3n) is 7.65. The van der Waals surface area contributed by atoms with Crippen molar-refractivity contribution in [1.82, 2.24) is 5.06 Å². The molecule has 0 bridgehead atoms. The largest absolute Gasteiger partial charge is 0.394 e. The maximum Gasteiger partial charge on any atom is 0.255 e. The first kappa shape index (κ1) is 34.5. The minimum Gasteiger partial charge on any atom is -0.394 e. The molecular weight excluding hydrogens is 454 g/mol. The lowest BCUT2D eigenvalue weighted by atomic mass is 9.65. The minimum atomic E-state index is -1.69. The Morgan fingerprint density at radius 1 is 1.22 bits per heavy atom. The van der Waals surface area contributed by atoms with Gasteiger partial charge in [-0.3, -0.25) is 9.63 Å². The van der Waals surface area contributed by atoms with Crippen LogP contribution in [0, 0.1) is 30.1 Å². The quantitative estimate of drug-likeness (QED) is 0.454. The van der Waals surface area contributed by atoms with Gasteiger partial charge in [0.2, 0.25) is 0 Å². The summed E-state index contributed by atoms with van der Waals surface area (Å²) in [5.41, 5.74) is 12.5. The van der Waals surface area contributed by atoms with Crippen molar-refractivity contribution < 1.29 is 19.8 Å². The molecule has 2 unspecified atom stereocenters. The summed E-state index contributed by atoms with van der Waals surface area (Å²) in [7, 11) is 0. The molecule has 1 aromatic rings. The molecule has 6 N–H and O–H groups in total. The molecule has 2 fully saturated rings. The van der Waals surface area contributed by atoms with Crippen molar-refractivity contribution in [2.75, 3.05) is 6.61 Å². The summed E-state index contributed by atoms with van der Waals surface area (Å²) in [6.45, 7) is 20.9. The second-order valence-electron chi connectivity index (χ2n) is 10.5. The molecule has 0 radical (unpaired) electrons. The van der Waals surface area contributed by atoms with Crippen molar-refractivity contribution >= 4 is 5.91 Å². The van der Waals surface area contributed by atoms with Gasteiger partial charge in [-0.05, 0) is 43.1 Å². The number of rotatable bonds is 5. The van der Waals surface area contributed by atoms with E-state index in [0.29, 0.717) is 5.41 Å². The van der Waals surface area contributed by atoms with Crippen LogP contribution in [0.3, 0.4) is 0 Å². The van der Waals surface area contributed by atoms with Crippen LogP contribution in [0.25, 0.3) is 0 Å². The number of primary amides is 1. The number of aliphatic hydroxyl groups is 2. The Morgan fingerprint density at radius 3 is 2.22 bits per heavy atom. The van der Waals surface area contributed by atoms with Gasteiger partial charge < -0.3 is 21.7 Å². The van der Waals surface area contributed by atoms with E-state index in [1.165, 1.54) is 31.2 Å². The summed E-state index contributed by atoms with van der Waals surface area (Å²) < 4.78 is 0. The third-order valence-corrected chi connectivity index (χ3v) is 7.65. The molecule has 7 heteroatoms. The smallest absolute Gasteiger partial charge is 0.255 e. The van der Waals surface area contributed by atoms with Gasteiger partial charge >= 0.3 is 0 Å². The average Bonchev–Trinajstić information content (AvgIpc) is 3.13. The van der Waals surface area contributed by atoms with E-state index in [1.54, 1.807) is 0 Å². The van der Waals surface area contributed by atoms with Crippen LogP contribution in [0.2, 0.25) is 0 Å². The van der Waals surface area contributed by atoms with Crippen LogP contribution >= 0.6 is 0 Å². The standard InChI is InChI=1S/C15H23N3O4.C10H20.2C2H6/c1-9-4-3-5-11(6-9)7-18-15(17,14(16)21)13(10(2)20)12(8-19)22-18;1-8-6-5-7-10(3,4)9(8)2;2*1-2/h3-6,10,12-13,19-20H,7-8,17H2,1-2H3,(H2,16,21);8-9H,5-7H2,1-4H3;2*1-2H3/t10-,12?,13+,15-;8?,9-;;/m00../s1. The molecule has 6 atom stereocenters. The molecule has 1 amide bonds. The average molecular weight is 510 g/mol. The normalized spacial score (nSPS) is 29.9. The van der Waals surface area contributed by atoms with Crippen molar-refractivity contribution in [1.29, 1.82) is 0 Å². The fourth-order valence-corrected chi connectivity index (χ4v) is 5.15. The number of aliphatic hydroxyl groups excluding tert-OH is 2. The summed E-state index contributed by atoms with van der Waals surface area (Å²) in [5, 5.41) is 20.7. The Kier molecular flexibility index (Phi) is 15.0. The SMILES string of the molecule is CC.CC.CC1CCCC(C)(C)[C@H]1C.Cc1cccc(CN2OC(CO)[C@@H]([C@H](C)O)[C@@]2(N)C(N)=O)c1. The molecule has 0 aromatic heterocycles. The van der Waals surface area contributed by atoms with Gasteiger partial charge in [0, 0.05) is 0 Å². The molecule has 36 heavy (non-hydrogen) atoms. The van der Waals surface area contributed by atoms with Gasteiger partial charge in [-0.15, -0.1) is 0 Å². The second-order valence-corrected chi connectivity index (χ2v) is 10.5. The zero-order chi connectivity index (χ0) is 28.3. The maximum absolute atomic E-state index is 12.0. The zero-order valence-corrected chi connectivity index (χ0v) is 24.5. The van der Waals surface area contributed by atoms with Crippen LogP contribution in [0.15, 0.2) is 24.3 Å². The zero-order valence-electron chi connectivity index (χ0n) is 24.5. The van der Waals surface area contributed by atoms with E-state index < -0.39 is 29.7 Å².